The molecule has 1 fully saturated rings. The molecule has 4 nitrogen and oxygen atoms in total. The first kappa shape index (κ1) is 9.48. The average molecular weight is 172 g/mol. The summed E-state index contributed by atoms with van der Waals surface area (Å²) < 4.78 is 0. The molecule has 1 aliphatic heterocycles. The van der Waals surface area contributed by atoms with Crippen molar-refractivity contribution in [1.29, 1.82) is 0 Å². The van der Waals surface area contributed by atoms with Gasteiger partial charge in [0.2, 0.25) is 6.41 Å². The summed E-state index contributed by atoms with van der Waals surface area (Å²) in [6.45, 7) is 3.60. The van der Waals surface area contributed by atoms with Crippen LogP contribution >= 0.6 is 0 Å². The van der Waals surface area contributed by atoms with E-state index in [0.29, 0.717) is 12.6 Å². The Morgan fingerprint density at radius 1 is 1.58 bits per heavy atom. The lowest BCUT2D eigenvalue weighted by Gasteiger charge is -2.41. The standard InChI is InChI=1S/C8H16N2O2/c1-7-3-10(6-12)8(5-11)4-9(7)2/h6-8,11H,3-5H2,1-2H3/t7-,8?/m0/s1. The molecule has 1 saturated heterocycles. The van der Waals surface area contributed by atoms with E-state index in [4.69, 9.17) is 5.11 Å². The molecule has 0 bridgehead atoms. The summed E-state index contributed by atoms with van der Waals surface area (Å²) in [5.74, 6) is 0. The van der Waals surface area contributed by atoms with Gasteiger partial charge in [0.25, 0.3) is 0 Å². The lowest BCUT2D eigenvalue weighted by atomic mass is 10.1. The zero-order valence-electron chi connectivity index (χ0n) is 7.60. The van der Waals surface area contributed by atoms with E-state index in [9.17, 15) is 4.79 Å². The smallest absolute Gasteiger partial charge is 0.210 e. The Hall–Kier alpha value is -0.610. The largest absolute Gasteiger partial charge is 0.394 e. The van der Waals surface area contributed by atoms with Gasteiger partial charge in [0.15, 0.2) is 0 Å². The number of carbonyl (C=O) groups excluding carboxylic acids is 1. The molecule has 1 aliphatic rings. The van der Waals surface area contributed by atoms with Crippen molar-refractivity contribution in [3.05, 3.63) is 0 Å². The fraction of sp³-hybridized carbons (Fsp3) is 0.875. The van der Waals surface area contributed by atoms with Crippen molar-refractivity contribution < 1.29 is 9.90 Å². The molecule has 1 N–H and O–H groups in total. The molecule has 12 heavy (non-hydrogen) atoms. The van der Waals surface area contributed by atoms with Crippen LogP contribution in [-0.4, -0.2) is 60.1 Å². The molecule has 0 saturated carbocycles. The fourth-order valence-electron chi connectivity index (χ4n) is 1.50. The average Bonchev–Trinajstić information content (AvgIpc) is 2.09. The predicted octanol–water partition coefficient (Wildman–Crippen LogP) is -0.860. The molecule has 1 unspecified atom stereocenters. The number of amides is 1. The summed E-state index contributed by atoms with van der Waals surface area (Å²) in [6, 6.07) is 0.363. The zero-order valence-corrected chi connectivity index (χ0v) is 7.60. The number of aliphatic hydroxyl groups excluding tert-OH is 1. The Morgan fingerprint density at radius 3 is 2.75 bits per heavy atom. The molecule has 70 valence electrons. The van der Waals surface area contributed by atoms with Crippen molar-refractivity contribution >= 4 is 6.41 Å². The van der Waals surface area contributed by atoms with Crippen molar-refractivity contribution in [1.82, 2.24) is 9.80 Å². The second kappa shape index (κ2) is 3.87. The van der Waals surface area contributed by atoms with Crippen LogP contribution in [0.3, 0.4) is 0 Å². The van der Waals surface area contributed by atoms with Crippen molar-refractivity contribution in [2.24, 2.45) is 0 Å². The van der Waals surface area contributed by atoms with Gasteiger partial charge in [-0.2, -0.15) is 0 Å². The van der Waals surface area contributed by atoms with Crippen LogP contribution in [0.15, 0.2) is 0 Å². The van der Waals surface area contributed by atoms with Crippen LogP contribution in [0.25, 0.3) is 0 Å². The topological polar surface area (TPSA) is 43.8 Å². The molecule has 0 aromatic rings. The van der Waals surface area contributed by atoms with Crippen molar-refractivity contribution in [2.75, 3.05) is 26.7 Å². The molecular weight excluding hydrogens is 156 g/mol. The van der Waals surface area contributed by atoms with E-state index in [2.05, 4.69) is 11.8 Å². The molecule has 2 atom stereocenters. The zero-order chi connectivity index (χ0) is 9.14. The summed E-state index contributed by atoms with van der Waals surface area (Å²) in [6.07, 6.45) is 0.824. The van der Waals surface area contributed by atoms with Gasteiger partial charge >= 0.3 is 0 Å². The minimum Gasteiger partial charge on any atom is -0.394 e. The Morgan fingerprint density at radius 2 is 2.25 bits per heavy atom. The molecule has 1 heterocycles. The van der Waals surface area contributed by atoms with Gasteiger partial charge in [-0.15, -0.1) is 0 Å². The van der Waals surface area contributed by atoms with E-state index >= 15 is 0 Å². The minimum absolute atomic E-state index is 0.0244. The number of nitrogens with zero attached hydrogens (tertiary/aromatic N) is 2. The van der Waals surface area contributed by atoms with Crippen LogP contribution in [0.4, 0.5) is 0 Å². The van der Waals surface area contributed by atoms with E-state index in [-0.39, 0.29) is 12.6 Å². The van der Waals surface area contributed by atoms with E-state index in [1.54, 1.807) is 4.90 Å². The summed E-state index contributed by atoms with van der Waals surface area (Å²) in [4.78, 5) is 14.4. The number of aliphatic hydroxyl groups is 1. The van der Waals surface area contributed by atoms with E-state index < -0.39 is 0 Å². The first-order valence-corrected chi connectivity index (χ1v) is 4.21. The van der Waals surface area contributed by atoms with Crippen LogP contribution in [0, 0.1) is 0 Å². The highest BCUT2D eigenvalue weighted by Crippen LogP contribution is 2.10. The molecule has 0 aliphatic carbocycles. The highest BCUT2D eigenvalue weighted by atomic mass is 16.3. The van der Waals surface area contributed by atoms with Crippen molar-refractivity contribution in [2.45, 2.75) is 19.0 Å². The molecule has 0 radical (unpaired) electrons. The second-order valence-corrected chi connectivity index (χ2v) is 3.43. The lowest BCUT2D eigenvalue weighted by Crippen LogP contribution is -2.56. The van der Waals surface area contributed by atoms with Gasteiger partial charge in [-0.25, -0.2) is 0 Å². The highest BCUT2D eigenvalue weighted by molar-refractivity contribution is 5.48. The maximum Gasteiger partial charge on any atom is 0.210 e. The molecule has 4 heteroatoms. The van der Waals surface area contributed by atoms with Gasteiger partial charge < -0.3 is 10.0 Å². The highest BCUT2D eigenvalue weighted by Gasteiger charge is 2.27. The quantitative estimate of drug-likeness (QED) is 0.551. The van der Waals surface area contributed by atoms with Crippen LogP contribution < -0.4 is 0 Å². The predicted molar refractivity (Wildman–Crippen MR) is 45.7 cm³/mol. The number of hydrogen-bond donors (Lipinski definition) is 1. The van der Waals surface area contributed by atoms with Crippen LogP contribution in [0.5, 0.6) is 0 Å². The van der Waals surface area contributed by atoms with Crippen LogP contribution in [0.2, 0.25) is 0 Å². The maximum absolute atomic E-state index is 10.6. The van der Waals surface area contributed by atoms with E-state index in [1.165, 1.54) is 0 Å². The van der Waals surface area contributed by atoms with E-state index in [0.717, 1.165) is 13.0 Å². The number of likely N-dealkylation sites (N-methyl/N-ethyl adjacent to an activating group) is 1. The maximum atomic E-state index is 10.6. The first-order valence-electron chi connectivity index (χ1n) is 4.21. The number of rotatable bonds is 2. The third-order valence-corrected chi connectivity index (χ3v) is 2.54. The van der Waals surface area contributed by atoms with Crippen LogP contribution in [-0.2, 0) is 4.79 Å². The van der Waals surface area contributed by atoms with Crippen molar-refractivity contribution in [3.8, 4) is 0 Å². The first-order chi connectivity index (χ1) is 5.69. The Balaban J connectivity index is 2.57. The van der Waals surface area contributed by atoms with Gasteiger partial charge in [0, 0.05) is 19.1 Å². The number of piperazine rings is 1. The Labute approximate surface area is 72.8 Å². The number of hydrogen-bond acceptors (Lipinski definition) is 3. The summed E-state index contributed by atoms with van der Waals surface area (Å²) in [5.41, 5.74) is 0. The van der Waals surface area contributed by atoms with Crippen LogP contribution in [0.1, 0.15) is 6.92 Å². The normalized spacial score (nSPS) is 32.1. The summed E-state index contributed by atoms with van der Waals surface area (Å²) in [5, 5.41) is 8.97. The molecule has 0 spiro atoms. The van der Waals surface area contributed by atoms with E-state index in [1.807, 2.05) is 7.05 Å². The van der Waals surface area contributed by atoms with Gasteiger partial charge in [-0.1, -0.05) is 0 Å². The lowest BCUT2D eigenvalue weighted by molar-refractivity contribution is -0.124. The van der Waals surface area contributed by atoms with Crippen molar-refractivity contribution in [3.63, 3.8) is 0 Å². The summed E-state index contributed by atoms with van der Waals surface area (Å²) in [7, 11) is 2.01. The SMILES string of the molecule is C[C@H]1CN(C=O)C(CO)CN1C. The molecule has 1 amide bonds. The Kier molecular flexibility index (Phi) is 3.05. The molecular formula is C8H16N2O2. The third-order valence-electron chi connectivity index (χ3n) is 2.54. The fourth-order valence-corrected chi connectivity index (χ4v) is 1.50. The minimum atomic E-state index is -0.0244. The van der Waals surface area contributed by atoms with Gasteiger partial charge in [0.05, 0.1) is 12.6 Å². The third kappa shape index (κ3) is 1.76. The van der Waals surface area contributed by atoms with Gasteiger partial charge in [-0.3, -0.25) is 9.69 Å². The monoisotopic (exact) mass is 172 g/mol. The van der Waals surface area contributed by atoms with Gasteiger partial charge in [-0.05, 0) is 14.0 Å². The summed E-state index contributed by atoms with van der Waals surface area (Å²) >= 11 is 0. The Bertz CT molecular complexity index is 163. The second-order valence-electron chi connectivity index (χ2n) is 3.43. The molecule has 0 aromatic heterocycles. The molecule has 1 rings (SSSR count). The molecule has 0 aromatic carbocycles. The van der Waals surface area contributed by atoms with Gasteiger partial charge in [0.1, 0.15) is 0 Å². The number of carbonyl (C=O) groups is 1.